The van der Waals surface area contributed by atoms with Crippen LogP contribution >= 0.6 is 0 Å². The maximum Gasteiger partial charge on any atom is 0.251 e. The van der Waals surface area contributed by atoms with Gasteiger partial charge in [0.15, 0.2) is 0 Å². The minimum Gasteiger partial charge on any atom is -0.377 e. The Kier molecular flexibility index (Phi) is 14.1. The number of nitrogens with one attached hydrogen (secondary N) is 4. The summed E-state index contributed by atoms with van der Waals surface area (Å²) in [6.45, 7) is 11.0. The molecule has 0 fully saturated rings. The molecule has 0 atom stereocenters. The van der Waals surface area contributed by atoms with E-state index in [0.29, 0.717) is 68.8 Å². The standard InChI is InChI=1S/C25H41N7O3/c1-4-5-12-27-23-30-24(28-13-11-20(2)3)32-25(31-23)29-15-17-35-19-18-34-16-14-26-22(33)21-9-7-6-8-10-21/h6-10,20H,4-5,11-19H2,1-3H3,(H,26,33)(H3,27,28,29,30,31,32). The summed E-state index contributed by atoms with van der Waals surface area (Å²) in [5.41, 5.74) is 0.642. The Morgan fingerprint density at radius 3 is 1.97 bits per heavy atom. The fraction of sp³-hybridized carbons (Fsp3) is 0.600. The lowest BCUT2D eigenvalue weighted by atomic mass is 10.1. The second-order valence-electron chi connectivity index (χ2n) is 8.47. The second-order valence-corrected chi connectivity index (χ2v) is 8.47. The van der Waals surface area contributed by atoms with Crippen molar-refractivity contribution in [3.63, 3.8) is 0 Å². The van der Waals surface area contributed by atoms with E-state index in [0.717, 1.165) is 32.4 Å². The summed E-state index contributed by atoms with van der Waals surface area (Å²) >= 11 is 0. The minimum absolute atomic E-state index is 0.100. The van der Waals surface area contributed by atoms with E-state index in [1.165, 1.54) is 0 Å². The number of hydrogen-bond acceptors (Lipinski definition) is 9. The molecule has 10 heteroatoms. The van der Waals surface area contributed by atoms with E-state index in [9.17, 15) is 4.79 Å². The number of rotatable bonds is 19. The van der Waals surface area contributed by atoms with E-state index in [4.69, 9.17) is 9.47 Å². The van der Waals surface area contributed by atoms with Crippen molar-refractivity contribution in [2.75, 3.05) is 68.6 Å². The molecule has 0 radical (unpaired) electrons. The van der Waals surface area contributed by atoms with Gasteiger partial charge in [-0.1, -0.05) is 45.4 Å². The highest BCUT2D eigenvalue weighted by Crippen LogP contribution is 2.10. The zero-order valence-corrected chi connectivity index (χ0v) is 21.3. The minimum atomic E-state index is -0.100. The number of nitrogens with zero attached hydrogens (tertiary/aromatic N) is 3. The number of aromatic nitrogens is 3. The number of carbonyl (C=O) groups is 1. The predicted octanol–water partition coefficient (Wildman–Crippen LogP) is 3.42. The summed E-state index contributed by atoms with van der Waals surface area (Å²) < 4.78 is 11.1. The molecule has 0 bridgehead atoms. The molecule has 1 heterocycles. The highest BCUT2D eigenvalue weighted by molar-refractivity contribution is 5.94. The fourth-order valence-corrected chi connectivity index (χ4v) is 2.95. The Morgan fingerprint density at radius 2 is 1.37 bits per heavy atom. The van der Waals surface area contributed by atoms with E-state index in [1.54, 1.807) is 12.1 Å². The monoisotopic (exact) mass is 487 g/mol. The summed E-state index contributed by atoms with van der Waals surface area (Å²) in [5.74, 6) is 2.16. The number of ether oxygens (including phenoxy) is 2. The lowest BCUT2D eigenvalue weighted by Gasteiger charge is -2.12. The van der Waals surface area contributed by atoms with E-state index in [1.807, 2.05) is 18.2 Å². The van der Waals surface area contributed by atoms with E-state index in [2.05, 4.69) is 57.0 Å². The Bertz CT molecular complexity index is 837. The maximum atomic E-state index is 11.9. The van der Waals surface area contributed by atoms with Gasteiger partial charge in [-0.3, -0.25) is 4.79 Å². The molecular formula is C25H41N7O3. The Morgan fingerprint density at radius 1 is 0.800 bits per heavy atom. The van der Waals surface area contributed by atoms with Crippen LogP contribution in [0.4, 0.5) is 17.8 Å². The van der Waals surface area contributed by atoms with E-state index >= 15 is 0 Å². The van der Waals surface area contributed by atoms with Crippen LogP contribution in [0.25, 0.3) is 0 Å². The van der Waals surface area contributed by atoms with Crippen LogP contribution in [0.5, 0.6) is 0 Å². The molecule has 0 unspecified atom stereocenters. The average molecular weight is 488 g/mol. The molecule has 194 valence electrons. The van der Waals surface area contributed by atoms with Gasteiger partial charge in [0.05, 0.1) is 26.4 Å². The molecule has 0 saturated carbocycles. The van der Waals surface area contributed by atoms with Crippen molar-refractivity contribution < 1.29 is 14.3 Å². The number of anilines is 3. The van der Waals surface area contributed by atoms with Crippen LogP contribution in [0.3, 0.4) is 0 Å². The SMILES string of the molecule is CCCCNc1nc(NCCOCCOCCNC(=O)c2ccccc2)nc(NCCC(C)C)n1. The molecule has 35 heavy (non-hydrogen) atoms. The first-order valence-electron chi connectivity index (χ1n) is 12.5. The number of unbranched alkanes of at least 4 members (excludes halogenated alkanes) is 1. The Labute approximate surface area is 209 Å². The summed E-state index contributed by atoms with van der Waals surface area (Å²) in [4.78, 5) is 25.3. The van der Waals surface area contributed by atoms with E-state index in [-0.39, 0.29) is 5.91 Å². The van der Waals surface area contributed by atoms with Crippen LogP contribution < -0.4 is 21.3 Å². The van der Waals surface area contributed by atoms with Gasteiger partial charge < -0.3 is 30.7 Å². The van der Waals surface area contributed by atoms with Crippen LogP contribution in [0.1, 0.15) is 50.4 Å². The molecule has 1 aromatic heterocycles. The first-order chi connectivity index (χ1) is 17.1. The van der Waals surface area contributed by atoms with Crippen LogP contribution in [-0.4, -0.2) is 73.5 Å². The van der Waals surface area contributed by atoms with Gasteiger partial charge in [-0.15, -0.1) is 0 Å². The van der Waals surface area contributed by atoms with Crippen LogP contribution in [-0.2, 0) is 9.47 Å². The summed E-state index contributed by atoms with van der Waals surface area (Å²) in [5, 5.41) is 12.6. The topological polar surface area (TPSA) is 122 Å². The van der Waals surface area contributed by atoms with Gasteiger partial charge in [-0.2, -0.15) is 15.0 Å². The smallest absolute Gasteiger partial charge is 0.251 e. The van der Waals surface area contributed by atoms with Gasteiger partial charge in [-0.05, 0) is 30.9 Å². The molecule has 2 aromatic rings. The van der Waals surface area contributed by atoms with Crippen molar-refractivity contribution in [1.29, 1.82) is 0 Å². The van der Waals surface area contributed by atoms with Crippen LogP contribution in [0.15, 0.2) is 30.3 Å². The molecule has 1 amide bonds. The normalized spacial score (nSPS) is 10.9. The number of carbonyl (C=O) groups excluding carboxylic acids is 1. The summed E-state index contributed by atoms with van der Waals surface area (Å²) in [6.07, 6.45) is 3.20. The molecule has 0 spiro atoms. The van der Waals surface area contributed by atoms with Gasteiger partial charge in [0.25, 0.3) is 5.91 Å². The van der Waals surface area contributed by atoms with E-state index < -0.39 is 0 Å². The molecule has 10 nitrogen and oxygen atoms in total. The van der Waals surface area contributed by atoms with Crippen molar-refractivity contribution in [3.05, 3.63) is 35.9 Å². The number of benzene rings is 1. The van der Waals surface area contributed by atoms with Crippen molar-refractivity contribution in [2.24, 2.45) is 5.92 Å². The van der Waals surface area contributed by atoms with Crippen molar-refractivity contribution in [1.82, 2.24) is 20.3 Å². The van der Waals surface area contributed by atoms with Crippen LogP contribution in [0, 0.1) is 5.92 Å². The average Bonchev–Trinajstić information content (AvgIpc) is 2.85. The van der Waals surface area contributed by atoms with Gasteiger partial charge in [-0.25, -0.2) is 0 Å². The molecule has 0 aliphatic heterocycles. The zero-order valence-electron chi connectivity index (χ0n) is 21.3. The third-order valence-electron chi connectivity index (χ3n) is 4.92. The van der Waals surface area contributed by atoms with Gasteiger partial charge >= 0.3 is 0 Å². The fourth-order valence-electron chi connectivity index (χ4n) is 2.95. The number of hydrogen-bond donors (Lipinski definition) is 4. The van der Waals surface area contributed by atoms with Crippen molar-refractivity contribution in [3.8, 4) is 0 Å². The van der Waals surface area contributed by atoms with Gasteiger partial charge in [0, 0.05) is 31.7 Å². The first-order valence-corrected chi connectivity index (χ1v) is 12.5. The molecule has 0 aliphatic rings. The molecule has 0 aliphatic carbocycles. The van der Waals surface area contributed by atoms with Crippen molar-refractivity contribution in [2.45, 2.75) is 40.0 Å². The first kappa shape index (κ1) is 28.3. The molecule has 1 aromatic carbocycles. The zero-order chi connectivity index (χ0) is 25.1. The van der Waals surface area contributed by atoms with Gasteiger partial charge in [0.1, 0.15) is 0 Å². The highest BCUT2D eigenvalue weighted by atomic mass is 16.5. The van der Waals surface area contributed by atoms with Gasteiger partial charge in [0.2, 0.25) is 17.8 Å². The Hall–Kier alpha value is -2.98. The summed E-state index contributed by atoms with van der Waals surface area (Å²) in [7, 11) is 0. The predicted molar refractivity (Wildman–Crippen MR) is 140 cm³/mol. The molecule has 4 N–H and O–H groups in total. The molecular weight excluding hydrogens is 446 g/mol. The number of amides is 1. The highest BCUT2D eigenvalue weighted by Gasteiger charge is 2.07. The second kappa shape index (κ2) is 17.5. The molecule has 0 saturated heterocycles. The third-order valence-corrected chi connectivity index (χ3v) is 4.92. The Balaban J connectivity index is 1.60. The quantitative estimate of drug-likeness (QED) is 0.221. The lowest BCUT2D eigenvalue weighted by Crippen LogP contribution is -2.27. The largest absolute Gasteiger partial charge is 0.377 e. The van der Waals surface area contributed by atoms with Crippen molar-refractivity contribution >= 4 is 23.8 Å². The molecule has 2 rings (SSSR count). The third kappa shape index (κ3) is 12.9. The summed E-state index contributed by atoms with van der Waals surface area (Å²) in [6, 6.07) is 9.12. The lowest BCUT2D eigenvalue weighted by molar-refractivity contribution is 0.0519. The van der Waals surface area contributed by atoms with Crippen LogP contribution in [0.2, 0.25) is 0 Å². The maximum absolute atomic E-state index is 11.9.